The first-order chi connectivity index (χ1) is 19.6. The average Bonchev–Trinajstić information content (AvgIpc) is 3.39. The lowest BCUT2D eigenvalue weighted by Gasteiger charge is -2.69. The first-order valence-electron chi connectivity index (χ1n) is 15.1. The van der Waals surface area contributed by atoms with E-state index in [0.29, 0.717) is 43.6 Å². The maximum absolute atomic E-state index is 13.3. The number of hydrogen-bond donors (Lipinski definition) is 4. The van der Waals surface area contributed by atoms with Gasteiger partial charge in [-0.2, -0.15) is 0 Å². The SMILES string of the molecule is CCN1C[C@]2(COC(=O)c3ccccc3N)CC[C@H](O)[C@@]34[C@@H]5C[C@H]6[C@H](OC)[C@@H]5[C@](O)(C[C@@H]6OC)[C@@](O)([C@@H](OC)[C@@H]23)[C@@H]14. The molecule has 1 saturated heterocycles. The molecule has 1 aliphatic heterocycles. The number of carbonyl (C=O) groups is 1. The summed E-state index contributed by atoms with van der Waals surface area (Å²) in [7, 11) is 4.91. The summed E-state index contributed by atoms with van der Waals surface area (Å²) in [4.78, 5) is 15.5. The molecule has 7 bridgehead atoms. The van der Waals surface area contributed by atoms with Gasteiger partial charge in [-0.25, -0.2) is 4.79 Å². The number of ether oxygens (including phenoxy) is 4. The molecule has 5 N–H and O–H groups in total. The number of methoxy groups -OCH3 is 3. The van der Waals surface area contributed by atoms with Crippen LogP contribution < -0.4 is 5.73 Å². The van der Waals surface area contributed by atoms with E-state index in [1.54, 1.807) is 45.6 Å². The summed E-state index contributed by atoms with van der Waals surface area (Å²) in [6.07, 6.45) is -0.0175. The molecular weight excluding hydrogens is 528 g/mol. The number of likely N-dealkylation sites (tertiary alicyclic amines) is 1. The van der Waals surface area contributed by atoms with E-state index in [1.165, 1.54) is 0 Å². The Hall–Kier alpha value is -1.79. The normalized spacial score (nSPS) is 51.0. The number of benzene rings is 1. The van der Waals surface area contributed by atoms with Crippen LogP contribution in [0.25, 0.3) is 0 Å². The first-order valence-corrected chi connectivity index (χ1v) is 15.1. The molecule has 1 heterocycles. The summed E-state index contributed by atoms with van der Waals surface area (Å²) >= 11 is 0. The van der Waals surface area contributed by atoms with Gasteiger partial charge in [-0.05, 0) is 43.9 Å². The third-order valence-electron chi connectivity index (χ3n) is 12.7. The monoisotopic (exact) mass is 572 g/mol. The van der Waals surface area contributed by atoms with E-state index in [0.717, 1.165) is 0 Å². The number of aliphatic hydroxyl groups is 3. The Labute approximate surface area is 241 Å². The standard InChI is InChI=1S/C31H44N2O8/c1-5-33-14-28(15-41-26(35)16-8-6-7-9-19(16)32)11-10-21(34)30-18-12-17-20(38-2)13-29(36,22(18)23(17)39-3)31(37,27(30)33)25(40-4)24(28)30/h6-9,17-18,20-25,27,34,36-37H,5,10-15,32H2,1-4H3/t17-,18-,20+,21+,22-,23+,24+,25+,27+,28+,29-,30+,31-/m1/s1. The number of rotatable bonds is 7. The number of piperidine rings is 1. The highest BCUT2D eigenvalue weighted by molar-refractivity contribution is 5.95. The van der Waals surface area contributed by atoms with Crippen molar-refractivity contribution in [2.45, 2.75) is 74.3 Å². The van der Waals surface area contributed by atoms with Gasteiger partial charge in [-0.1, -0.05) is 19.1 Å². The third kappa shape index (κ3) is 3.05. The molecule has 0 radical (unpaired) electrons. The topological polar surface area (TPSA) is 144 Å². The molecule has 1 aromatic rings. The maximum Gasteiger partial charge on any atom is 0.340 e. The molecule has 0 unspecified atom stereocenters. The van der Waals surface area contributed by atoms with Crippen molar-refractivity contribution in [1.82, 2.24) is 4.90 Å². The van der Waals surface area contributed by atoms with Crippen LogP contribution in [-0.2, 0) is 18.9 Å². The molecule has 0 aromatic heterocycles. The quantitative estimate of drug-likeness (QED) is 0.277. The molecule has 13 atom stereocenters. The Bertz CT molecular complexity index is 1230. The molecule has 7 rings (SSSR count). The van der Waals surface area contributed by atoms with Gasteiger partial charge in [-0.15, -0.1) is 0 Å². The Morgan fingerprint density at radius 3 is 2.56 bits per heavy atom. The van der Waals surface area contributed by atoms with Crippen LogP contribution in [0.3, 0.4) is 0 Å². The van der Waals surface area contributed by atoms with Crippen LogP contribution in [0.15, 0.2) is 24.3 Å². The number of aliphatic hydroxyl groups excluding tert-OH is 1. The number of esters is 1. The number of hydrogen-bond acceptors (Lipinski definition) is 10. The molecule has 1 spiro atoms. The molecule has 0 amide bonds. The molecule has 1 aromatic carbocycles. The molecule has 10 nitrogen and oxygen atoms in total. The highest BCUT2D eigenvalue weighted by Gasteiger charge is 2.91. The molecule has 6 fully saturated rings. The maximum atomic E-state index is 13.3. The van der Waals surface area contributed by atoms with Crippen LogP contribution in [0.1, 0.15) is 43.0 Å². The minimum Gasteiger partial charge on any atom is -0.461 e. The Morgan fingerprint density at radius 1 is 1.15 bits per heavy atom. The minimum absolute atomic E-state index is 0.0387. The predicted octanol–water partition coefficient (Wildman–Crippen LogP) is 1.06. The van der Waals surface area contributed by atoms with E-state index in [-0.39, 0.29) is 48.9 Å². The number of fused-ring (bicyclic) bond motifs is 2. The second-order valence-electron chi connectivity index (χ2n) is 13.6. The largest absolute Gasteiger partial charge is 0.461 e. The fourth-order valence-electron chi connectivity index (χ4n) is 11.7. The van der Waals surface area contributed by atoms with E-state index < -0.39 is 46.3 Å². The average molecular weight is 573 g/mol. The molecule has 226 valence electrons. The zero-order chi connectivity index (χ0) is 29.1. The lowest BCUT2D eigenvalue weighted by molar-refractivity contribution is -0.318. The van der Waals surface area contributed by atoms with E-state index in [4.69, 9.17) is 24.7 Å². The fraction of sp³-hybridized carbons (Fsp3) is 0.774. The molecule has 6 aliphatic rings. The second-order valence-corrected chi connectivity index (χ2v) is 13.6. The van der Waals surface area contributed by atoms with Gasteiger partial charge in [0.05, 0.1) is 42.6 Å². The lowest BCUT2D eigenvalue weighted by atomic mass is 9.42. The van der Waals surface area contributed by atoms with Gasteiger partial charge in [0.15, 0.2) is 0 Å². The highest BCUT2D eigenvalue weighted by atomic mass is 16.5. The number of para-hydroxylation sites is 1. The van der Waals surface area contributed by atoms with Crippen molar-refractivity contribution in [3.63, 3.8) is 0 Å². The summed E-state index contributed by atoms with van der Waals surface area (Å²) in [5.74, 6) is -1.32. The predicted molar refractivity (Wildman–Crippen MR) is 148 cm³/mol. The summed E-state index contributed by atoms with van der Waals surface area (Å²) in [6.45, 7) is 3.31. The Morgan fingerprint density at radius 2 is 1.90 bits per heavy atom. The Balaban J connectivity index is 1.39. The third-order valence-corrected chi connectivity index (χ3v) is 12.7. The summed E-state index contributed by atoms with van der Waals surface area (Å²) in [5.41, 5.74) is 2.12. The van der Waals surface area contributed by atoms with Crippen molar-refractivity contribution >= 4 is 11.7 Å². The van der Waals surface area contributed by atoms with Crippen LogP contribution in [-0.4, -0.2) is 109 Å². The van der Waals surface area contributed by atoms with Gasteiger partial charge in [0.1, 0.15) is 11.2 Å². The smallest absolute Gasteiger partial charge is 0.340 e. The van der Waals surface area contributed by atoms with Crippen molar-refractivity contribution in [3.8, 4) is 0 Å². The van der Waals surface area contributed by atoms with Crippen LogP contribution in [0.2, 0.25) is 0 Å². The second kappa shape index (κ2) is 9.11. The molecule has 10 heteroatoms. The lowest BCUT2D eigenvalue weighted by Crippen LogP contribution is -2.82. The number of nitrogen functional groups attached to an aromatic ring is 1. The molecule has 5 saturated carbocycles. The van der Waals surface area contributed by atoms with Gasteiger partial charge in [0.25, 0.3) is 0 Å². The van der Waals surface area contributed by atoms with Crippen LogP contribution in [0.4, 0.5) is 5.69 Å². The minimum atomic E-state index is -1.70. The van der Waals surface area contributed by atoms with Crippen molar-refractivity contribution < 1.29 is 39.1 Å². The van der Waals surface area contributed by atoms with Crippen molar-refractivity contribution in [2.75, 3.05) is 46.8 Å². The van der Waals surface area contributed by atoms with Crippen molar-refractivity contribution in [2.24, 2.45) is 34.5 Å². The number of anilines is 1. The van der Waals surface area contributed by atoms with Gasteiger partial charge in [0.2, 0.25) is 0 Å². The fourth-order valence-corrected chi connectivity index (χ4v) is 11.7. The Kier molecular flexibility index (Phi) is 6.22. The summed E-state index contributed by atoms with van der Waals surface area (Å²) in [5, 5.41) is 38.2. The van der Waals surface area contributed by atoms with Gasteiger partial charge in [-0.3, -0.25) is 4.90 Å². The number of carbonyl (C=O) groups excluding carboxylic acids is 1. The van der Waals surface area contributed by atoms with E-state index in [9.17, 15) is 20.1 Å². The number of nitrogens with zero attached hydrogens (tertiary/aromatic N) is 1. The summed E-state index contributed by atoms with van der Waals surface area (Å²) in [6, 6.07) is 6.34. The van der Waals surface area contributed by atoms with E-state index >= 15 is 0 Å². The molecular formula is C31H44N2O8. The highest BCUT2D eigenvalue weighted by Crippen LogP contribution is 2.80. The van der Waals surface area contributed by atoms with Crippen molar-refractivity contribution in [3.05, 3.63) is 29.8 Å². The van der Waals surface area contributed by atoms with Gasteiger partial charge >= 0.3 is 5.97 Å². The molecule has 5 aliphatic carbocycles. The zero-order valence-corrected chi connectivity index (χ0v) is 24.4. The zero-order valence-electron chi connectivity index (χ0n) is 24.4. The first kappa shape index (κ1) is 28.0. The molecule has 41 heavy (non-hydrogen) atoms. The van der Waals surface area contributed by atoms with E-state index in [2.05, 4.69) is 4.90 Å². The van der Waals surface area contributed by atoms with Gasteiger partial charge < -0.3 is 40.0 Å². The van der Waals surface area contributed by atoms with Crippen LogP contribution in [0, 0.1) is 34.5 Å². The number of likely N-dealkylation sites (N-methyl/N-ethyl adjacent to an activating group) is 1. The van der Waals surface area contributed by atoms with E-state index in [1.807, 2.05) is 6.92 Å². The summed E-state index contributed by atoms with van der Waals surface area (Å²) < 4.78 is 24.4. The van der Waals surface area contributed by atoms with Gasteiger partial charge in [0, 0.05) is 68.6 Å². The van der Waals surface area contributed by atoms with Crippen LogP contribution >= 0.6 is 0 Å². The van der Waals surface area contributed by atoms with Crippen LogP contribution in [0.5, 0.6) is 0 Å². The number of nitrogens with two attached hydrogens (primary N) is 1. The van der Waals surface area contributed by atoms with Crippen molar-refractivity contribution in [1.29, 1.82) is 0 Å².